The third-order valence-corrected chi connectivity index (χ3v) is 9.25. The first kappa shape index (κ1) is 23.8. The molecule has 7 atom stereocenters. The van der Waals surface area contributed by atoms with E-state index in [1.54, 1.807) is 20.8 Å². The van der Waals surface area contributed by atoms with Gasteiger partial charge in [-0.15, -0.1) is 0 Å². The predicted molar refractivity (Wildman–Crippen MR) is 117 cm³/mol. The molecule has 178 valence electrons. The van der Waals surface area contributed by atoms with E-state index in [4.69, 9.17) is 16.3 Å². The highest BCUT2D eigenvalue weighted by molar-refractivity contribution is 6.30. The van der Waals surface area contributed by atoms with E-state index in [9.17, 15) is 30.3 Å². The number of aliphatic hydroxyl groups excluding tert-OH is 3. The molecule has 5 N–H and O–H groups in total. The lowest BCUT2D eigenvalue weighted by molar-refractivity contribution is -0.283. The molecule has 2 fully saturated rings. The van der Waals surface area contributed by atoms with Gasteiger partial charge in [-0.2, -0.15) is 0 Å². The van der Waals surface area contributed by atoms with E-state index in [0.717, 1.165) is 0 Å². The van der Waals surface area contributed by atoms with Gasteiger partial charge in [0.25, 0.3) is 0 Å². The molecule has 0 heterocycles. The van der Waals surface area contributed by atoms with E-state index in [-0.39, 0.29) is 24.2 Å². The Kier molecular flexibility index (Phi) is 5.07. The number of fused-ring (bicyclic) bond motifs is 3. The fourth-order valence-corrected chi connectivity index (χ4v) is 7.05. The summed E-state index contributed by atoms with van der Waals surface area (Å²) in [7, 11) is 0. The molecule has 0 radical (unpaired) electrons. The average Bonchev–Trinajstić information content (AvgIpc) is 2.85. The topological polar surface area (TPSA) is 127 Å². The number of aliphatic hydroxyl groups is 5. The van der Waals surface area contributed by atoms with Gasteiger partial charge >= 0.3 is 5.97 Å². The van der Waals surface area contributed by atoms with Gasteiger partial charge < -0.3 is 30.3 Å². The van der Waals surface area contributed by atoms with Crippen molar-refractivity contribution in [1.29, 1.82) is 0 Å². The zero-order valence-corrected chi connectivity index (χ0v) is 19.8. The Morgan fingerprint density at radius 1 is 1.19 bits per heavy atom. The number of ether oxygens (including phenoxy) is 1. The van der Waals surface area contributed by atoms with Crippen LogP contribution in [0.1, 0.15) is 47.5 Å². The first-order valence-electron chi connectivity index (χ1n) is 11.0. The molecule has 2 saturated carbocycles. The predicted octanol–water partition coefficient (Wildman–Crippen LogP) is 2.33. The van der Waals surface area contributed by atoms with Gasteiger partial charge in [-0.25, -0.2) is 0 Å². The first-order valence-corrected chi connectivity index (χ1v) is 11.4. The summed E-state index contributed by atoms with van der Waals surface area (Å²) in [6.07, 6.45) is 2.90. The number of halogens is 1. The molecule has 0 spiro atoms. The van der Waals surface area contributed by atoms with Gasteiger partial charge in [0.1, 0.15) is 23.4 Å². The molecule has 2 unspecified atom stereocenters. The van der Waals surface area contributed by atoms with Gasteiger partial charge in [0.15, 0.2) is 0 Å². The lowest BCUT2D eigenvalue weighted by Gasteiger charge is -2.66. The SMILES string of the molecule is CC1(C)C(Cl)=CC=C(O)C1C(=O)O[C@@H]1C[C@]2(C)C3[C@@H](O)C(C)(C)C[C@@]3(O)C=C(CO)[C@]12O. The van der Waals surface area contributed by atoms with Crippen LogP contribution >= 0.6 is 11.6 Å². The van der Waals surface area contributed by atoms with Crippen LogP contribution in [0.4, 0.5) is 0 Å². The number of allylic oxidation sites excluding steroid dienone is 3. The minimum Gasteiger partial charge on any atom is -0.511 e. The Hall–Kier alpha value is -1.38. The standard InChI is InChI=1S/C24H33ClO7/c1-20(2)11-23(30)8-12(10-26)24(31)15(9-22(24,5)17(23)18(20)28)32-19(29)16-13(27)6-7-14(25)21(16,3)4/h6-8,15-18,26-28,30-31H,9-11H2,1-5H3/t15-,16?,17?,18-,22-,23+,24+/m1/s1. The highest BCUT2D eigenvalue weighted by Crippen LogP contribution is 2.69. The summed E-state index contributed by atoms with van der Waals surface area (Å²) in [6.45, 7) is 8.38. The fourth-order valence-electron chi connectivity index (χ4n) is 6.88. The van der Waals surface area contributed by atoms with E-state index in [2.05, 4.69) is 0 Å². The van der Waals surface area contributed by atoms with Crippen LogP contribution in [0.25, 0.3) is 0 Å². The molecule has 0 bridgehead atoms. The highest BCUT2D eigenvalue weighted by Gasteiger charge is 2.77. The Balaban J connectivity index is 1.68. The van der Waals surface area contributed by atoms with Crippen molar-refractivity contribution in [3.63, 3.8) is 0 Å². The average molecular weight is 469 g/mol. The van der Waals surface area contributed by atoms with Crippen molar-refractivity contribution in [1.82, 2.24) is 0 Å². The van der Waals surface area contributed by atoms with Crippen LogP contribution in [0.2, 0.25) is 0 Å². The van der Waals surface area contributed by atoms with Crippen molar-refractivity contribution in [2.24, 2.45) is 28.1 Å². The summed E-state index contributed by atoms with van der Waals surface area (Å²) < 4.78 is 5.73. The minimum atomic E-state index is -1.76. The van der Waals surface area contributed by atoms with Gasteiger partial charge in [-0.05, 0) is 42.1 Å². The maximum Gasteiger partial charge on any atom is 0.317 e. The van der Waals surface area contributed by atoms with Crippen LogP contribution in [0.15, 0.2) is 34.6 Å². The summed E-state index contributed by atoms with van der Waals surface area (Å²) in [6, 6.07) is 0. The van der Waals surface area contributed by atoms with Crippen LogP contribution in [0, 0.1) is 28.1 Å². The Morgan fingerprint density at radius 2 is 1.81 bits per heavy atom. The zero-order chi connectivity index (χ0) is 24.1. The lowest BCUT2D eigenvalue weighted by Crippen LogP contribution is -2.76. The van der Waals surface area contributed by atoms with Crippen LogP contribution in [0.3, 0.4) is 0 Å². The summed E-state index contributed by atoms with van der Waals surface area (Å²) >= 11 is 6.27. The second-order valence-electron chi connectivity index (χ2n) is 11.5. The molecular formula is C24H33ClO7. The van der Waals surface area contributed by atoms with Crippen molar-refractivity contribution in [2.45, 2.75) is 70.9 Å². The third kappa shape index (κ3) is 2.78. The van der Waals surface area contributed by atoms with E-state index in [1.807, 2.05) is 13.8 Å². The van der Waals surface area contributed by atoms with Crippen molar-refractivity contribution >= 4 is 17.6 Å². The Bertz CT molecular complexity index is 950. The molecule has 0 aromatic heterocycles. The van der Waals surface area contributed by atoms with Gasteiger partial charge in [0, 0.05) is 21.8 Å². The Labute approximate surface area is 193 Å². The molecule has 32 heavy (non-hydrogen) atoms. The third-order valence-electron chi connectivity index (χ3n) is 8.64. The van der Waals surface area contributed by atoms with Gasteiger partial charge in [-0.3, -0.25) is 4.79 Å². The van der Waals surface area contributed by atoms with E-state index < -0.39 is 64.1 Å². The Morgan fingerprint density at radius 3 is 2.41 bits per heavy atom. The molecule has 0 amide bonds. The maximum absolute atomic E-state index is 13.1. The molecule has 7 nitrogen and oxygen atoms in total. The summed E-state index contributed by atoms with van der Waals surface area (Å²) in [5.74, 6) is -2.66. The molecule has 4 rings (SSSR count). The number of carbonyl (C=O) groups is 1. The minimum absolute atomic E-state index is 0.174. The number of hydrogen-bond donors (Lipinski definition) is 5. The molecule has 0 aromatic carbocycles. The number of carbonyl (C=O) groups excluding carboxylic acids is 1. The van der Waals surface area contributed by atoms with Crippen LogP contribution in [-0.4, -0.2) is 61.5 Å². The monoisotopic (exact) mass is 468 g/mol. The summed E-state index contributed by atoms with van der Waals surface area (Å²) in [5, 5.41) is 55.1. The van der Waals surface area contributed by atoms with Crippen molar-refractivity contribution < 1.29 is 35.1 Å². The maximum atomic E-state index is 13.1. The van der Waals surface area contributed by atoms with E-state index in [0.29, 0.717) is 5.03 Å². The smallest absolute Gasteiger partial charge is 0.317 e. The molecule has 0 aliphatic heterocycles. The second kappa shape index (κ2) is 6.83. The largest absolute Gasteiger partial charge is 0.511 e. The number of hydrogen-bond acceptors (Lipinski definition) is 7. The first-order chi connectivity index (χ1) is 14.6. The molecular weight excluding hydrogens is 436 g/mol. The molecule has 4 aliphatic rings. The van der Waals surface area contributed by atoms with Gasteiger partial charge in [0.05, 0.1) is 18.3 Å². The van der Waals surface area contributed by atoms with E-state index in [1.165, 1.54) is 18.2 Å². The number of esters is 1. The van der Waals surface area contributed by atoms with Crippen LogP contribution in [0.5, 0.6) is 0 Å². The van der Waals surface area contributed by atoms with Crippen molar-refractivity contribution in [2.75, 3.05) is 6.61 Å². The molecule has 4 aliphatic carbocycles. The number of rotatable bonds is 3. The normalized spacial score (nSPS) is 46.1. The van der Waals surface area contributed by atoms with Crippen molar-refractivity contribution in [3.05, 3.63) is 34.6 Å². The van der Waals surface area contributed by atoms with Crippen LogP contribution in [-0.2, 0) is 9.53 Å². The molecule has 8 heteroatoms. The van der Waals surface area contributed by atoms with Crippen LogP contribution < -0.4 is 0 Å². The quantitative estimate of drug-likeness (QED) is 0.317. The summed E-state index contributed by atoms with van der Waals surface area (Å²) in [4.78, 5) is 13.1. The van der Waals surface area contributed by atoms with E-state index >= 15 is 0 Å². The van der Waals surface area contributed by atoms with Crippen molar-refractivity contribution in [3.8, 4) is 0 Å². The van der Waals surface area contributed by atoms with Gasteiger partial charge in [-0.1, -0.05) is 46.2 Å². The second-order valence-corrected chi connectivity index (χ2v) is 11.9. The summed E-state index contributed by atoms with van der Waals surface area (Å²) in [5.41, 5.74) is -5.49. The molecule has 0 saturated heterocycles. The van der Waals surface area contributed by atoms with Gasteiger partial charge in [0.2, 0.25) is 0 Å². The fraction of sp³-hybridized carbons (Fsp3) is 0.708. The highest BCUT2D eigenvalue weighted by atomic mass is 35.5. The zero-order valence-electron chi connectivity index (χ0n) is 19.1. The lowest BCUT2D eigenvalue weighted by atomic mass is 9.43. The molecule has 0 aromatic rings.